The Labute approximate surface area is 129 Å². The van der Waals surface area contributed by atoms with Gasteiger partial charge in [-0.15, -0.1) is 0 Å². The van der Waals surface area contributed by atoms with Crippen molar-refractivity contribution in [3.63, 3.8) is 0 Å². The lowest BCUT2D eigenvalue weighted by Gasteiger charge is -2.29. The fourth-order valence-electron chi connectivity index (χ4n) is 3.01. The number of anilines is 1. The lowest BCUT2D eigenvalue weighted by Crippen LogP contribution is -2.36. The van der Waals surface area contributed by atoms with Crippen LogP contribution in [0.15, 0.2) is 18.2 Å². The van der Waals surface area contributed by atoms with Crippen LogP contribution in [0.4, 0.5) is 5.69 Å². The maximum Gasteiger partial charge on any atom is 0.0750 e. The van der Waals surface area contributed by atoms with Crippen LogP contribution < -0.4 is 10.2 Å². The van der Waals surface area contributed by atoms with E-state index in [4.69, 9.17) is 4.74 Å². The topological polar surface area (TPSA) is 24.5 Å². The Hall–Kier alpha value is -1.06. The molecular weight excluding hydrogens is 260 g/mol. The van der Waals surface area contributed by atoms with Crippen LogP contribution >= 0.6 is 0 Å². The molecule has 3 heteroatoms. The standard InChI is InChI=1S/C18H30N2O/c1-13(2)11-19-12-16-6-7-17(10-14(16)3)20(5)18-8-9-21-15(18)4/h6-7,10,13,15,18-19H,8-9,11-12H2,1-5H3. The van der Waals surface area contributed by atoms with Crippen LogP contribution in [0.5, 0.6) is 0 Å². The number of ether oxygens (including phenoxy) is 1. The molecular formula is C18H30N2O. The first-order valence-corrected chi connectivity index (χ1v) is 8.13. The Morgan fingerprint density at radius 1 is 1.38 bits per heavy atom. The van der Waals surface area contributed by atoms with Crippen LogP contribution in [-0.2, 0) is 11.3 Å². The second-order valence-corrected chi connectivity index (χ2v) is 6.68. The summed E-state index contributed by atoms with van der Waals surface area (Å²) in [7, 11) is 2.18. The highest BCUT2D eigenvalue weighted by Gasteiger charge is 2.28. The average Bonchev–Trinajstić information content (AvgIpc) is 2.85. The quantitative estimate of drug-likeness (QED) is 0.869. The van der Waals surface area contributed by atoms with Crippen LogP contribution in [0.1, 0.15) is 38.3 Å². The van der Waals surface area contributed by atoms with Crippen LogP contribution in [0.2, 0.25) is 0 Å². The van der Waals surface area contributed by atoms with Gasteiger partial charge in [0.05, 0.1) is 12.1 Å². The molecule has 2 unspecified atom stereocenters. The van der Waals surface area contributed by atoms with E-state index in [0.717, 1.165) is 26.1 Å². The Balaban J connectivity index is 2.01. The van der Waals surface area contributed by atoms with Gasteiger partial charge in [-0.2, -0.15) is 0 Å². The minimum atomic E-state index is 0.322. The SMILES string of the molecule is Cc1cc(N(C)C2CCOC2C)ccc1CNCC(C)C. The van der Waals surface area contributed by atoms with Gasteiger partial charge >= 0.3 is 0 Å². The number of aryl methyl sites for hydroxylation is 1. The van der Waals surface area contributed by atoms with Gasteiger partial charge in [0.15, 0.2) is 0 Å². The second-order valence-electron chi connectivity index (χ2n) is 6.68. The fourth-order valence-corrected chi connectivity index (χ4v) is 3.01. The molecule has 1 saturated heterocycles. The maximum atomic E-state index is 5.69. The summed E-state index contributed by atoms with van der Waals surface area (Å²) < 4.78 is 5.69. The van der Waals surface area contributed by atoms with Gasteiger partial charge < -0.3 is 15.0 Å². The molecule has 21 heavy (non-hydrogen) atoms. The third-order valence-electron chi connectivity index (χ3n) is 4.44. The van der Waals surface area contributed by atoms with E-state index >= 15 is 0 Å². The van der Waals surface area contributed by atoms with Crippen molar-refractivity contribution in [1.82, 2.24) is 5.32 Å². The summed E-state index contributed by atoms with van der Waals surface area (Å²) in [5.74, 6) is 0.694. The first-order chi connectivity index (χ1) is 9.99. The number of likely N-dealkylation sites (N-methyl/N-ethyl adjacent to an activating group) is 1. The molecule has 0 saturated carbocycles. The van der Waals surface area contributed by atoms with Crippen molar-refractivity contribution in [2.75, 3.05) is 25.1 Å². The molecule has 2 atom stereocenters. The molecule has 1 heterocycles. The summed E-state index contributed by atoms with van der Waals surface area (Å²) >= 11 is 0. The predicted octanol–water partition coefficient (Wildman–Crippen LogP) is 3.35. The summed E-state index contributed by atoms with van der Waals surface area (Å²) in [6.45, 7) is 11.8. The Morgan fingerprint density at radius 3 is 2.71 bits per heavy atom. The average molecular weight is 290 g/mol. The first-order valence-electron chi connectivity index (χ1n) is 8.13. The maximum absolute atomic E-state index is 5.69. The number of hydrogen-bond acceptors (Lipinski definition) is 3. The van der Waals surface area contributed by atoms with Crippen LogP contribution in [0.25, 0.3) is 0 Å². The molecule has 1 N–H and O–H groups in total. The number of nitrogens with one attached hydrogen (secondary N) is 1. The molecule has 1 aromatic carbocycles. The van der Waals surface area contributed by atoms with E-state index in [0.29, 0.717) is 18.1 Å². The summed E-state index contributed by atoms with van der Waals surface area (Å²) in [5.41, 5.74) is 4.05. The lowest BCUT2D eigenvalue weighted by atomic mass is 10.0. The van der Waals surface area contributed by atoms with E-state index in [-0.39, 0.29) is 0 Å². The molecule has 1 fully saturated rings. The van der Waals surface area contributed by atoms with Crippen molar-refractivity contribution < 1.29 is 4.74 Å². The molecule has 1 aromatic rings. The van der Waals surface area contributed by atoms with Crippen molar-refractivity contribution in [1.29, 1.82) is 0 Å². The number of benzene rings is 1. The third-order valence-corrected chi connectivity index (χ3v) is 4.44. The molecule has 0 bridgehead atoms. The molecule has 0 aliphatic carbocycles. The molecule has 3 nitrogen and oxygen atoms in total. The van der Waals surface area contributed by atoms with Crippen molar-refractivity contribution in [2.45, 2.75) is 52.8 Å². The zero-order chi connectivity index (χ0) is 15.4. The van der Waals surface area contributed by atoms with E-state index in [1.54, 1.807) is 0 Å². The molecule has 0 aromatic heterocycles. The highest BCUT2D eigenvalue weighted by Crippen LogP contribution is 2.26. The minimum Gasteiger partial charge on any atom is -0.376 e. The Kier molecular flexibility index (Phi) is 5.65. The van der Waals surface area contributed by atoms with E-state index in [1.807, 2.05) is 0 Å². The monoisotopic (exact) mass is 290 g/mol. The van der Waals surface area contributed by atoms with E-state index in [9.17, 15) is 0 Å². The van der Waals surface area contributed by atoms with Crippen LogP contribution in [0, 0.1) is 12.8 Å². The lowest BCUT2D eigenvalue weighted by molar-refractivity contribution is 0.118. The van der Waals surface area contributed by atoms with Crippen molar-refractivity contribution in [3.8, 4) is 0 Å². The van der Waals surface area contributed by atoms with Gasteiger partial charge in [-0.3, -0.25) is 0 Å². The summed E-state index contributed by atoms with van der Waals surface area (Å²) in [5, 5.41) is 3.52. The van der Waals surface area contributed by atoms with Gasteiger partial charge in [0.2, 0.25) is 0 Å². The van der Waals surface area contributed by atoms with Gasteiger partial charge in [0.1, 0.15) is 0 Å². The third kappa shape index (κ3) is 4.21. The van der Waals surface area contributed by atoms with E-state index in [2.05, 4.69) is 63.2 Å². The van der Waals surface area contributed by atoms with Crippen LogP contribution in [-0.4, -0.2) is 32.3 Å². The highest BCUT2D eigenvalue weighted by atomic mass is 16.5. The smallest absolute Gasteiger partial charge is 0.0750 e. The Bertz CT molecular complexity index is 459. The zero-order valence-corrected chi connectivity index (χ0v) is 14.1. The highest BCUT2D eigenvalue weighted by molar-refractivity contribution is 5.51. The second kappa shape index (κ2) is 7.28. The van der Waals surface area contributed by atoms with Gasteiger partial charge in [-0.05, 0) is 56.0 Å². The summed E-state index contributed by atoms with van der Waals surface area (Å²) in [4.78, 5) is 2.37. The molecule has 0 amide bonds. The van der Waals surface area contributed by atoms with Crippen molar-refractivity contribution in [2.24, 2.45) is 5.92 Å². The van der Waals surface area contributed by atoms with Crippen molar-refractivity contribution in [3.05, 3.63) is 29.3 Å². The summed E-state index contributed by atoms with van der Waals surface area (Å²) in [6, 6.07) is 7.30. The van der Waals surface area contributed by atoms with Gasteiger partial charge in [-0.25, -0.2) is 0 Å². The molecule has 2 rings (SSSR count). The number of nitrogens with zero attached hydrogens (tertiary/aromatic N) is 1. The van der Waals surface area contributed by atoms with E-state index < -0.39 is 0 Å². The predicted molar refractivity (Wildman–Crippen MR) is 89.9 cm³/mol. The molecule has 1 aliphatic rings. The molecule has 118 valence electrons. The Morgan fingerprint density at radius 2 is 2.14 bits per heavy atom. The van der Waals surface area contributed by atoms with Gasteiger partial charge in [0.25, 0.3) is 0 Å². The van der Waals surface area contributed by atoms with Gasteiger partial charge in [0, 0.05) is 25.9 Å². The van der Waals surface area contributed by atoms with E-state index in [1.165, 1.54) is 16.8 Å². The number of hydrogen-bond donors (Lipinski definition) is 1. The van der Waals surface area contributed by atoms with Gasteiger partial charge in [-0.1, -0.05) is 19.9 Å². The fraction of sp³-hybridized carbons (Fsp3) is 0.667. The normalized spacial score (nSPS) is 22.0. The molecule has 0 radical (unpaired) electrons. The zero-order valence-electron chi connectivity index (χ0n) is 14.1. The molecule has 1 aliphatic heterocycles. The number of rotatable bonds is 6. The van der Waals surface area contributed by atoms with Crippen LogP contribution in [0.3, 0.4) is 0 Å². The summed E-state index contributed by atoms with van der Waals surface area (Å²) in [6.07, 6.45) is 1.44. The largest absolute Gasteiger partial charge is 0.376 e. The van der Waals surface area contributed by atoms with Crippen molar-refractivity contribution >= 4 is 5.69 Å². The first kappa shape index (κ1) is 16.3. The minimum absolute atomic E-state index is 0.322. The molecule has 0 spiro atoms.